The minimum Gasteiger partial charge on any atom is -0.407 e. The van der Waals surface area contributed by atoms with E-state index in [0.29, 0.717) is 19.4 Å². The van der Waals surface area contributed by atoms with Crippen molar-refractivity contribution in [3.8, 4) is 0 Å². The molecule has 2 aromatic carbocycles. The maximum atomic E-state index is 11.8. The van der Waals surface area contributed by atoms with Crippen LogP contribution in [0.1, 0.15) is 40.5 Å². The van der Waals surface area contributed by atoms with Crippen molar-refractivity contribution in [2.75, 3.05) is 6.61 Å². The number of Topliss-reactive ketones (excluding diaryl/α,β-unsaturated/α-hetero) is 1. The Morgan fingerprint density at radius 3 is 1.75 bits per heavy atom. The van der Waals surface area contributed by atoms with Gasteiger partial charge in [0.25, 0.3) is 8.32 Å². The highest BCUT2D eigenvalue weighted by atomic mass is 28.4. The van der Waals surface area contributed by atoms with E-state index < -0.39 is 8.32 Å². The molecule has 128 valence electrons. The van der Waals surface area contributed by atoms with Crippen LogP contribution in [0, 0.1) is 0 Å². The van der Waals surface area contributed by atoms with Gasteiger partial charge < -0.3 is 4.43 Å². The van der Waals surface area contributed by atoms with Crippen LogP contribution in [-0.2, 0) is 9.22 Å². The summed E-state index contributed by atoms with van der Waals surface area (Å²) in [6.07, 6.45) is 1.06. The first-order chi connectivity index (χ1) is 11.4. The summed E-state index contributed by atoms with van der Waals surface area (Å²) in [7, 11) is -2.48. The van der Waals surface area contributed by atoms with Gasteiger partial charge in [0, 0.05) is 19.4 Å². The first kappa shape index (κ1) is 18.6. The van der Waals surface area contributed by atoms with E-state index in [9.17, 15) is 4.79 Å². The zero-order valence-corrected chi connectivity index (χ0v) is 16.2. The van der Waals surface area contributed by atoms with Gasteiger partial charge >= 0.3 is 0 Å². The lowest BCUT2D eigenvalue weighted by Crippen LogP contribution is -2.66. The average molecular weight is 341 g/mol. The van der Waals surface area contributed by atoms with Gasteiger partial charge in [-0.1, -0.05) is 88.4 Å². The first-order valence-corrected chi connectivity index (χ1v) is 10.6. The van der Waals surface area contributed by atoms with Crippen LogP contribution in [0.3, 0.4) is 0 Å². The van der Waals surface area contributed by atoms with Crippen LogP contribution >= 0.6 is 0 Å². The second-order valence-corrected chi connectivity index (χ2v) is 11.5. The molecular weight excluding hydrogens is 312 g/mol. The highest BCUT2D eigenvalue weighted by molar-refractivity contribution is 6.99. The summed E-state index contributed by atoms with van der Waals surface area (Å²) in [5.41, 5.74) is 0. The molecule has 0 atom stereocenters. The van der Waals surface area contributed by atoms with Crippen molar-refractivity contribution < 1.29 is 9.22 Å². The van der Waals surface area contributed by atoms with Gasteiger partial charge in [0.2, 0.25) is 0 Å². The Morgan fingerprint density at radius 1 is 0.917 bits per heavy atom. The van der Waals surface area contributed by atoms with E-state index in [1.807, 2.05) is 19.1 Å². The van der Waals surface area contributed by atoms with Crippen LogP contribution < -0.4 is 10.4 Å². The minimum absolute atomic E-state index is 0.0367. The van der Waals surface area contributed by atoms with E-state index in [1.54, 1.807) is 0 Å². The summed E-state index contributed by atoms with van der Waals surface area (Å²) in [5.74, 6) is 0.257. The van der Waals surface area contributed by atoms with Gasteiger partial charge in [-0.15, -0.1) is 0 Å². The average Bonchev–Trinajstić information content (AvgIpc) is 2.59. The Labute approximate surface area is 147 Å². The number of carbonyl (C=O) groups is 1. The molecule has 2 nitrogen and oxygen atoms in total. The third-order valence-electron chi connectivity index (χ3n) is 4.51. The Balaban J connectivity index is 2.51. The summed E-state index contributed by atoms with van der Waals surface area (Å²) >= 11 is 0. The molecule has 0 amide bonds. The topological polar surface area (TPSA) is 26.3 Å². The number of carbonyl (C=O) groups excluding carboxylic acids is 1. The molecule has 0 heterocycles. The molecule has 0 N–H and O–H groups in total. The number of ketones is 1. The zero-order chi connectivity index (χ0) is 17.6. The van der Waals surface area contributed by atoms with E-state index in [2.05, 4.69) is 69.3 Å². The van der Waals surface area contributed by atoms with E-state index in [0.717, 1.165) is 0 Å². The molecule has 2 rings (SSSR count). The lowest BCUT2D eigenvalue weighted by atomic mass is 10.2. The molecule has 3 heteroatoms. The van der Waals surface area contributed by atoms with Crippen molar-refractivity contribution in [1.29, 1.82) is 0 Å². The van der Waals surface area contributed by atoms with Gasteiger partial charge in [0.15, 0.2) is 0 Å². The highest BCUT2D eigenvalue weighted by Crippen LogP contribution is 2.36. The SMILES string of the molecule is CCC(=O)CCO[Si](c1ccccc1)(c1ccccc1)C(C)(C)C. The predicted molar refractivity (Wildman–Crippen MR) is 103 cm³/mol. The van der Waals surface area contributed by atoms with Crippen LogP contribution in [-0.4, -0.2) is 20.7 Å². The van der Waals surface area contributed by atoms with Gasteiger partial charge in [0.1, 0.15) is 5.78 Å². The van der Waals surface area contributed by atoms with Gasteiger partial charge in [-0.25, -0.2) is 0 Å². The van der Waals surface area contributed by atoms with Crippen LogP contribution in [0.4, 0.5) is 0 Å². The molecule has 0 saturated carbocycles. The van der Waals surface area contributed by atoms with Crippen molar-refractivity contribution in [2.24, 2.45) is 0 Å². The van der Waals surface area contributed by atoms with Crippen molar-refractivity contribution >= 4 is 24.5 Å². The normalized spacial score (nSPS) is 12.2. The third kappa shape index (κ3) is 3.85. The second kappa shape index (κ2) is 7.91. The molecule has 2 aromatic rings. The molecule has 0 spiro atoms. The predicted octanol–water partition coefficient (Wildman–Crippen LogP) is 3.93. The quantitative estimate of drug-likeness (QED) is 0.714. The highest BCUT2D eigenvalue weighted by Gasteiger charge is 2.49. The molecule has 0 aromatic heterocycles. The molecule has 0 aliphatic rings. The number of hydrogen-bond donors (Lipinski definition) is 0. The van der Waals surface area contributed by atoms with Crippen molar-refractivity contribution in [3.63, 3.8) is 0 Å². The molecule has 0 aliphatic carbocycles. The van der Waals surface area contributed by atoms with Gasteiger partial charge in [0.05, 0.1) is 0 Å². The molecule has 0 saturated heterocycles. The largest absolute Gasteiger partial charge is 0.407 e. The number of benzene rings is 2. The molecule has 0 fully saturated rings. The Bertz CT molecular complexity index is 605. The Kier molecular flexibility index (Phi) is 6.14. The Morgan fingerprint density at radius 2 is 1.38 bits per heavy atom. The van der Waals surface area contributed by atoms with Crippen LogP contribution in [0.5, 0.6) is 0 Å². The van der Waals surface area contributed by atoms with E-state index in [1.165, 1.54) is 10.4 Å². The molecule has 24 heavy (non-hydrogen) atoms. The fourth-order valence-electron chi connectivity index (χ4n) is 3.26. The maximum Gasteiger partial charge on any atom is 0.261 e. The standard InChI is InChI=1S/C21H28O2Si/c1-5-18(22)16-17-23-24(21(2,3)4,19-12-8-6-9-13-19)20-14-10-7-11-15-20/h6-15H,5,16-17H2,1-4H3. The number of rotatable bonds is 7. The van der Waals surface area contributed by atoms with Gasteiger partial charge in [-0.3, -0.25) is 4.79 Å². The summed E-state index contributed by atoms with van der Waals surface area (Å²) in [5, 5.41) is 2.48. The van der Waals surface area contributed by atoms with Crippen LogP contribution in [0.15, 0.2) is 60.7 Å². The van der Waals surface area contributed by atoms with Gasteiger partial charge in [-0.05, 0) is 15.4 Å². The first-order valence-electron chi connectivity index (χ1n) is 8.68. The minimum atomic E-state index is -2.48. The van der Waals surface area contributed by atoms with E-state index in [-0.39, 0.29) is 10.8 Å². The monoisotopic (exact) mass is 340 g/mol. The molecule has 0 aliphatic heterocycles. The lowest BCUT2D eigenvalue weighted by molar-refractivity contribution is -0.119. The van der Waals surface area contributed by atoms with Crippen molar-refractivity contribution in [3.05, 3.63) is 60.7 Å². The maximum absolute atomic E-state index is 11.8. The molecule has 0 unspecified atom stereocenters. The summed E-state index contributed by atoms with van der Waals surface area (Å²) < 4.78 is 6.66. The van der Waals surface area contributed by atoms with Crippen molar-refractivity contribution in [2.45, 2.75) is 45.6 Å². The second-order valence-electron chi connectivity index (χ2n) is 7.15. The summed E-state index contributed by atoms with van der Waals surface area (Å²) in [6.45, 7) is 9.15. The fraction of sp³-hybridized carbons (Fsp3) is 0.381. The lowest BCUT2D eigenvalue weighted by Gasteiger charge is -2.43. The molecule has 0 radical (unpaired) electrons. The third-order valence-corrected chi connectivity index (χ3v) is 9.55. The van der Waals surface area contributed by atoms with Gasteiger partial charge in [-0.2, -0.15) is 0 Å². The smallest absolute Gasteiger partial charge is 0.261 e. The number of hydrogen-bond acceptors (Lipinski definition) is 2. The molecular formula is C21H28O2Si. The van der Waals surface area contributed by atoms with Crippen LogP contribution in [0.25, 0.3) is 0 Å². The zero-order valence-electron chi connectivity index (χ0n) is 15.2. The van der Waals surface area contributed by atoms with Crippen LogP contribution in [0.2, 0.25) is 5.04 Å². The summed E-state index contributed by atoms with van der Waals surface area (Å²) in [4.78, 5) is 11.8. The van der Waals surface area contributed by atoms with E-state index >= 15 is 0 Å². The molecule has 0 bridgehead atoms. The fourth-order valence-corrected chi connectivity index (χ4v) is 7.82. The Hall–Kier alpha value is -1.71. The summed E-state index contributed by atoms with van der Waals surface area (Å²) in [6, 6.07) is 21.1. The van der Waals surface area contributed by atoms with E-state index in [4.69, 9.17) is 4.43 Å². The van der Waals surface area contributed by atoms with Crippen molar-refractivity contribution in [1.82, 2.24) is 0 Å².